The Bertz CT molecular complexity index is 766. The molecule has 2 heterocycles. The minimum absolute atomic E-state index is 0.153. The summed E-state index contributed by atoms with van der Waals surface area (Å²) in [6.45, 7) is 2.33. The zero-order valence-electron chi connectivity index (χ0n) is 14.5. The fourth-order valence-electron chi connectivity index (χ4n) is 2.66. The second kappa shape index (κ2) is 8.39. The van der Waals surface area contributed by atoms with Gasteiger partial charge in [0.05, 0.1) is 19.1 Å². The number of rotatable bonds is 5. The van der Waals surface area contributed by atoms with Crippen molar-refractivity contribution >= 4 is 45.5 Å². The summed E-state index contributed by atoms with van der Waals surface area (Å²) in [4.78, 5) is 30.3. The third-order valence-corrected chi connectivity index (χ3v) is 6.46. The molecule has 13 heteroatoms. The van der Waals surface area contributed by atoms with Gasteiger partial charge in [-0.15, -0.1) is 0 Å². The van der Waals surface area contributed by atoms with Crippen molar-refractivity contribution in [1.29, 1.82) is 0 Å². The second-order valence-corrected chi connectivity index (χ2v) is 8.11. The lowest BCUT2D eigenvalue weighted by atomic mass is 9.77. The molecule has 0 bridgehead atoms. The number of esters is 1. The Kier molecular flexibility index (Phi) is 6.79. The van der Waals surface area contributed by atoms with Crippen LogP contribution in [0.4, 0.5) is 22.0 Å². The highest BCUT2D eigenvalue weighted by Gasteiger charge is 2.57. The maximum atomic E-state index is 13.7. The summed E-state index contributed by atoms with van der Waals surface area (Å²) in [7, 11) is 0. The van der Waals surface area contributed by atoms with Gasteiger partial charge in [0.25, 0.3) is 6.43 Å². The van der Waals surface area contributed by atoms with Crippen molar-refractivity contribution in [3.63, 3.8) is 0 Å². The van der Waals surface area contributed by atoms with Gasteiger partial charge < -0.3 is 14.6 Å². The van der Waals surface area contributed by atoms with Gasteiger partial charge in [-0.3, -0.25) is 14.8 Å². The van der Waals surface area contributed by atoms with Crippen LogP contribution in [0.25, 0.3) is 0 Å². The van der Waals surface area contributed by atoms with Crippen LogP contribution < -0.4 is 5.11 Å². The maximum absolute atomic E-state index is 13.7. The molecule has 156 valence electrons. The number of carbonyl (C=O) groups is 2. The van der Waals surface area contributed by atoms with Crippen molar-refractivity contribution in [2.24, 2.45) is 15.4 Å². The SMILES string of the molecule is CCOC(=O)C1(C)C(SC2=NCCS2)=C(C(=O)[O-])C(C(F)(F)F)=NC1C(F)F. The molecular formula is C15H14F5N2O4S2-. The van der Waals surface area contributed by atoms with Gasteiger partial charge in [0.15, 0.2) is 0 Å². The zero-order chi connectivity index (χ0) is 21.3. The molecule has 28 heavy (non-hydrogen) atoms. The van der Waals surface area contributed by atoms with Crippen LogP contribution in [0.5, 0.6) is 0 Å². The summed E-state index contributed by atoms with van der Waals surface area (Å²) >= 11 is 1.52. The maximum Gasteiger partial charge on any atom is 0.433 e. The van der Waals surface area contributed by atoms with Crippen molar-refractivity contribution < 1.29 is 41.4 Å². The molecule has 2 unspecified atom stereocenters. The van der Waals surface area contributed by atoms with Gasteiger partial charge in [-0.25, -0.2) is 8.78 Å². The Hall–Kier alpha value is -1.63. The summed E-state index contributed by atoms with van der Waals surface area (Å²) < 4.78 is 72.5. The number of carboxylic acid groups (broad SMARTS) is 1. The van der Waals surface area contributed by atoms with Gasteiger partial charge in [-0.2, -0.15) is 13.2 Å². The van der Waals surface area contributed by atoms with E-state index in [9.17, 15) is 36.6 Å². The Labute approximate surface area is 164 Å². The standard InChI is InChI=1S/C15H15F5N2O4S2/c1-3-26-12(25)14(2)8(10(16)17)22-7(15(18,19)20)6(11(23)24)9(14)28-13-21-4-5-27-13/h8,10H,3-5H2,1-2H3,(H,23,24)/p-1. The molecule has 2 rings (SSSR count). The quantitative estimate of drug-likeness (QED) is 0.475. The van der Waals surface area contributed by atoms with Crippen LogP contribution in [0.15, 0.2) is 20.5 Å². The molecule has 0 amide bonds. The number of ether oxygens (including phenoxy) is 1. The van der Waals surface area contributed by atoms with Crippen molar-refractivity contribution in [1.82, 2.24) is 0 Å². The molecule has 0 aromatic heterocycles. The van der Waals surface area contributed by atoms with E-state index in [1.54, 1.807) is 0 Å². The number of aliphatic imine (C=N–C) groups is 2. The number of alkyl halides is 5. The largest absolute Gasteiger partial charge is 0.545 e. The number of carboxylic acids is 1. The number of carbonyl (C=O) groups excluding carboxylic acids is 2. The minimum atomic E-state index is -5.35. The lowest BCUT2D eigenvalue weighted by Crippen LogP contribution is -2.52. The van der Waals surface area contributed by atoms with E-state index in [1.165, 1.54) is 6.92 Å². The number of hydrogen-bond donors (Lipinski definition) is 0. The van der Waals surface area contributed by atoms with Crippen LogP contribution >= 0.6 is 23.5 Å². The van der Waals surface area contributed by atoms with Crippen LogP contribution in [0.1, 0.15) is 13.8 Å². The highest BCUT2D eigenvalue weighted by atomic mass is 32.2. The minimum Gasteiger partial charge on any atom is -0.545 e. The summed E-state index contributed by atoms with van der Waals surface area (Å²) in [5, 5.41) is 11.6. The number of dihydropyridines is 1. The molecule has 0 fully saturated rings. The van der Waals surface area contributed by atoms with E-state index in [1.807, 2.05) is 0 Å². The molecule has 0 aromatic carbocycles. The average molecular weight is 445 g/mol. The smallest absolute Gasteiger partial charge is 0.433 e. The average Bonchev–Trinajstić information content (AvgIpc) is 3.07. The van der Waals surface area contributed by atoms with E-state index < -0.39 is 52.2 Å². The summed E-state index contributed by atoms with van der Waals surface area (Å²) in [5.41, 5.74) is -5.95. The van der Waals surface area contributed by atoms with Crippen LogP contribution in [0.3, 0.4) is 0 Å². The third kappa shape index (κ3) is 4.19. The normalized spacial score (nSPS) is 25.6. The second-order valence-electron chi connectivity index (χ2n) is 5.77. The summed E-state index contributed by atoms with van der Waals surface area (Å²) in [5.74, 6) is -3.12. The molecule has 0 saturated heterocycles. The zero-order valence-corrected chi connectivity index (χ0v) is 16.1. The number of nitrogens with zero attached hydrogens (tertiary/aromatic N) is 2. The van der Waals surface area contributed by atoms with Crippen molar-refractivity contribution in [2.45, 2.75) is 32.5 Å². The van der Waals surface area contributed by atoms with Gasteiger partial charge >= 0.3 is 12.1 Å². The first-order valence-electron chi connectivity index (χ1n) is 7.86. The Morgan fingerprint density at radius 2 is 2.07 bits per heavy atom. The third-order valence-electron chi connectivity index (χ3n) is 3.95. The Morgan fingerprint density at radius 3 is 2.50 bits per heavy atom. The van der Waals surface area contributed by atoms with E-state index in [0.29, 0.717) is 24.1 Å². The summed E-state index contributed by atoms with van der Waals surface area (Å²) in [6, 6.07) is -2.50. The van der Waals surface area contributed by atoms with Crippen molar-refractivity contribution in [3.05, 3.63) is 10.5 Å². The molecular weight excluding hydrogens is 431 g/mol. The molecule has 6 nitrogen and oxygen atoms in total. The molecule has 0 aliphatic carbocycles. The first kappa shape index (κ1) is 22.7. The van der Waals surface area contributed by atoms with E-state index in [0.717, 1.165) is 18.7 Å². The molecule has 0 radical (unpaired) electrons. The number of halogens is 5. The highest BCUT2D eigenvalue weighted by molar-refractivity contribution is 8.40. The number of aliphatic carboxylic acids is 1. The molecule has 0 spiro atoms. The predicted molar refractivity (Wildman–Crippen MR) is 92.4 cm³/mol. The monoisotopic (exact) mass is 445 g/mol. The Morgan fingerprint density at radius 1 is 1.43 bits per heavy atom. The topological polar surface area (TPSA) is 91.1 Å². The van der Waals surface area contributed by atoms with Crippen LogP contribution in [0.2, 0.25) is 0 Å². The molecule has 2 aliphatic rings. The fraction of sp³-hybridized carbons (Fsp3) is 0.600. The van der Waals surface area contributed by atoms with E-state index in [4.69, 9.17) is 4.74 Å². The van der Waals surface area contributed by atoms with Crippen LogP contribution in [-0.2, 0) is 14.3 Å². The number of hydrogen-bond acceptors (Lipinski definition) is 8. The Balaban J connectivity index is 2.80. The van der Waals surface area contributed by atoms with Gasteiger partial charge in [0.2, 0.25) is 0 Å². The van der Waals surface area contributed by atoms with Gasteiger partial charge in [0.1, 0.15) is 21.5 Å². The molecule has 0 N–H and O–H groups in total. The molecule has 0 saturated carbocycles. The van der Waals surface area contributed by atoms with Gasteiger partial charge in [-0.05, 0) is 13.8 Å². The highest BCUT2D eigenvalue weighted by Crippen LogP contribution is 2.51. The van der Waals surface area contributed by atoms with Gasteiger partial charge in [-0.1, -0.05) is 23.5 Å². The molecule has 2 aliphatic heterocycles. The van der Waals surface area contributed by atoms with E-state index in [-0.39, 0.29) is 11.0 Å². The van der Waals surface area contributed by atoms with Crippen molar-refractivity contribution in [3.8, 4) is 0 Å². The van der Waals surface area contributed by atoms with Gasteiger partial charge in [0, 0.05) is 16.2 Å². The van der Waals surface area contributed by atoms with E-state index in [2.05, 4.69) is 9.98 Å². The summed E-state index contributed by atoms with van der Waals surface area (Å²) in [6.07, 6.45) is -8.85. The molecule has 2 atom stereocenters. The first-order valence-corrected chi connectivity index (χ1v) is 9.66. The lowest BCUT2D eigenvalue weighted by molar-refractivity contribution is -0.298. The lowest BCUT2D eigenvalue weighted by Gasteiger charge is -2.40. The van der Waals surface area contributed by atoms with Crippen LogP contribution in [0, 0.1) is 5.41 Å². The predicted octanol–water partition coefficient (Wildman–Crippen LogP) is 2.05. The fourth-order valence-corrected chi connectivity index (χ4v) is 4.97. The number of thioether (sulfide) groups is 2. The van der Waals surface area contributed by atoms with Crippen molar-refractivity contribution in [2.75, 3.05) is 18.9 Å². The van der Waals surface area contributed by atoms with Crippen LogP contribution in [-0.4, -0.2) is 59.6 Å². The van der Waals surface area contributed by atoms with E-state index >= 15 is 0 Å². The molecule has 0 aromatic rings. The first-order chi connectivity index (χ1) is 12.9.